The normalized spacial score (nSPS) is 18.2. The lowest BCUT2D eigenvalue weighted by Crippen LogP contribution is -2.29. The highest BCUT2D eigenvalue weighted by molar-refractivity contribution is 7.09. The average molecular weight is 328 g/mol. The summed E-state index contributed by atoms with van der Waals surface area (Å²) in [5.74, 6) is 1.69. The third-order valence-electron chi connectivity index (χ3n) is 4.78. The predicted molar refractivity (Wildman–Crippen MR) is 96.5 cm³/mol. The zero-order chi connectivity index (χ0) is 15.6. The Labute approximate surface area is 142 Å². The molecule has 1 aromatic heterocycles. The number of aromatic nitrogens is 2. The SMILES string of the molecule is CN(Cc1ccc(N2CCCCC2)cc1)c1nc(C2CC2)ns1. The van der Waals surface area contributed by atoms with E-state index in [2.05, 4.69) is 50.5 Å². The van der Waals surface area contributed by atoms with E-state index in [4.69, 9.17) is 0 Å². The monoisotopic (exact) mass is 328 g/mol. The summed E-state index contributed by atoms with van der Waals surface area (Å²) in [7, 11) is 2.11. The van der Waals surface area contributed by atoms with Gasteiger partial charge in [0, 0.05) is 49.8 Å². The number of benzene rings is 1. The molecule has 1 aliphatic carbocycles. The lowest BCUT2D eigenvalue weighted by molar-refractivity contribution is 0.578. The molecule has 0 unspecified atom stereocenters. The van der Waals surface area contributed by atoms with Crippen molar-refractivity contribution < 1.29 is 0 Å². The molecule has 2 heterocycles. The summed E-state index contributed by atoms with van der Waals surface area (Å²) >= 11 is 1.53. The van der Waals surface area contributed by atoms with Crippen LogP contribution in [0.25, 0.3) is 0 Å². The van der Waals surface area contributed by atoms with Crippen LogP contribution in [0, 0.1) is 0 Å². The first-order valence-electron chi connectivity index (χ1n) is 8.68. The van der Waals surface area contributed by atoms with Crippen molar-refractivity contribution in [2.24, 2.45) is 0 Å². The van der Waals surface area contributed by atoms with E-state index in [9.17, 15) is 0 Å². The van der Waals surface area contributed by atoms with Gasteiger partial charge in [-0.25, -0.2) is 4.98 Å². The van der Waals surface area contributed by atoms with Crippen LogP contribution in [-0.2, 0) is 6.54 Å². The molecule has 0 spiro atoms. The minimum atomic E-state index is 0.636. The van der Waals surface area contributed by atoms with Crippen molar-refractivity contribution in [2.45, 2.75) is 44.6 Å². The van der Waals surface area contributed by atoms with Crippen LogP contribution in [0.15, 0.2) is 24.3 Å². The third kappa shape index (κ3) is 3.50. The van der Waals surface area contributed by atoms with Crippen molar-refractivity contribution in [2.75, 3.05) is 29.9 Å². The molecular formula is C18H24N4S. The number of nitrogens with zero attached hydrogens (tertiary/aromatic N) is 4. The van der Waals surface area contributed by atoms with Gasteiger partial charge in [0.15, 0.2) is 0 Å². The van der Waals surface area contributed by atoms with Crippen LogP contribution < -0.4 is 9.80 Å². The Balaban J connectivity index is 1.39. The van der Waals surface area contributed by atoms with E-state index in [1.54, 1.807) is 0 Å². The summed E-state index contributed by atoms with van der Waals surface area (Å²) in [5.41, 5.74) is 2.69. The summed E-state index contributed by atoms with van der Waals surface area (Å²) in [6, 6.07) is 9.04. The summed E-state index contributed by atoms with van der Waals surface area (Å²) in [6.07, 6.45) is 6.55. The molecule has 2 aliphatic rings. The fourth-order valence-electron chi connectivity index (χ4n) is 3.19. The van der Waals surface area contributed by atoms with Crippen molar-refractivity contribution in [3.8, 4) is 0 Å². The van der Waals surface area contributed by atoms with Gasteiger partial charge >= 0.3 is 0 Å². The lowest BCUT2D eigenvalue weighted by atomic mass is 10.1. The van der Waals surface area contributed by atoms with E-state index < -0.39 is 0 Å². The highest BCUT2D eigenvalue weighted by Crippen LogP contribution is 2.39. The van der Waals surface area contributed by atoms with Crippen molar-refractivity contribution in [3.63, 3.8) is 0 Å². The molecule has 0 N–H and O–H groups in total. The van der Waals surface area contributed by atoms with Gasteiger partial charge in [-0.2, -0.15) is 4.37 Å². The number of rotatable bonds is 5. The quantitative estimate of drug-likeness (QED) is 0.829. The first kappa shape index (κ1) is 14.9. The van der Waals surface area contributed by atoms with Gasteiger partial charge in [0.2, 0.25) is 5.13 Å². The minimum absolute atomic E-state index is 0.636. The highest BCUT2D eigenvalue weighted by atomic mass is 32.1. The largest absolute Gasteiger partial charge is 0.372 e. The maximum Gasteiger partial charge on any atom is 0.205 e. The van der Waals surface area contributed by atoms with E-state index in [-0.39, 0.29) is 0 Å². The third-order valence-corrected chi connectivity index (χ3v) is 5.62. The predicted octanol–water partition coefficient (Wildman–Crippen LogP) is 4.04. The van der Waals surface area contributed by atoms with Crippen LogP contribution >= 0.6 is 11.5 Å². The lowest BCUT2D eigenvalue weighted by Gasteiger charge is -2.29. The zero-order valence-corrected chi connectivity index (χ0v) is 14.6. The molecule has 23 heavy (non-hydrogen) atoms. The van der Waals surface area contributed by atoms with Gasteiger partial charge < -0.3 is 9.80 Å². The van der Waals surface area contributed by atoms with E-state index >= 15 is 0 Å². The standard InChI is InChI=1S/C18H24N4S/c1-21(18-19-17(20-23-18)15-7-8-15)13-14-5-9-16(10-6-14)22-11-3-2-4-12-22/h5-6,9-10,15H,2-4,7-8,11-13H2,1H3. The topological polar surface area (TPSA) is 32.3 Å². The zero-order valence-electron chi connectivity index (χ0n) is 13.7. The Kier molecular flexibility index (Phi) is 4.21. The van der Waals surface area contributed by atoms with E-state index in [1.807, 2.05) is 0 Å². The second-order valence-corrected chi connectivity index (χ2v) is 7.51. The first-order valence-corrected chi connectivity index (χ1v) is 9.45. The molecule has 1 aliphatic heterocycles. The molecule has 122 valence electrons. The summed E-state index contributed by atoms with van der Waals surface area (Å²) < 4.78 is 4.50. The molecule has 1 saturated carbocycles. The van der Waals surface area contributed by atoms with Crippen LogP contribution in [0.2, 0.25) is 0 Å². The second-order valence-electron chi connectivity index (χ2n) is 6.78. The van der Waals surface area contributed by atoms with Crippen molar-refractivity contribution in [1.82, 2.24) is 9.36 Å². The first-order chi connectivity index (χ1) is 11.3. The average Bonchev–Trinajstić information content (AvgIpc) is 3.33. The molecular weight excluding hydrogens is 304 g/mol. The Morgan fingerprint density at radius 3 is 2.57 bits per heavy atom. The van der Waals surface area contributed by atoms with Crippen LogP contribution in [0.1, 0.15) is 49.4 Å². The minimum Gasteiger partial charge on any atom is -0.372 e. The molecule has 0 amide bonds. The molecule has 0 bridgehead atoms. The molecule has 4 nitrogen and oxygen atoms in total. The number of anilines is 2. The van der Waals surface area contributed by atoms with Crippen LogP contribution in [0.3, 0.4) is 0 Å². The van der Waals surface area contributed by atoms with Crippen molar-refractivity contribution in [1.29, 1.82) is 0 Å². The number of piperidine rings is 1. The molecule has 0 radical (unpaired) electrons. The molecule has 2 fully saturated rings. The second kappa shape index (κ2) is 6.48. The van der Waals surface area contributed by atoms with Gasteiger partial charge in [0.05, 0.1) is 0 Å². The fraction of sp³-hybridized carbons (Fsp3) is 0.556. The Morgan fingerprint density at radius 2 is 1.87 bits per heavy atom. The van der Waals surface area contributed by atoms with E-state index in [0.29, 0.717) is 5.92 Å². The maximum atomic E-state index is 4.68. The van der Waals surface area contributed by atoms with Crippen molar-refractivity contribution >= 4 is 22.4 Å². The summed E-state index contributed by atoms with van der Waals surface area (Å²) in [4.78, 5) is 9.40. The highest BCUT2D eigenvalue weighted by Gasteiger charge is 2.28. The molecule has 5 heteroatoms. The number of hydrogen-bond donors (Lipinski definition) is 0. The van der Waals surface area contributed by atoms with E-state index in [0.717, 1.165) is 17.5 Å². The van der Waals surface area contributed by atoms with Gasteiger partial charge in [-0.05, 0) is 49.8 Å². The van der Waals surface area contributed by atoms with Crippen LogP contribution in [0.4, 0.5) is 10.8 Å². The maximum absolute atomic E-state index is 4.68. The van der Waals surface area contributed by atoms with Gasteiger partial charge in [-0.1, -0.05) is 12.1 Å². The van der Waals surface area contributed by atoms with Gasteiger partial charge in [-0.15, -0.1) is 0 Å². The Morgan fingerprint density at radius 1 is 1.13 bits per heavy atom. The van der Waals surface area contributed by atoms with Gasteiger partial charge in [0.25, 0.3) is 0 Å². The van der Waals surface area contributed by atoms with Crippen molar-refractivity contribution in [3.05, 3.63) is 35.7 Å². The summed E-state index contributed by atoms with van der Waals surface area (Å²) in [6.45, 7) is 3.29. The molecule has 2 aromatic rings. The van der Waals surface area contributed by atoms with Crippen LogP contribution in [0.5, 0.6) is 0 Å². The fourth-order valence-corrected chi connectivity index (χ4v) is 3.90. The van der Waals surface area contributed by atoms with Gasteiger partial charge in [-0.3, -0.25) is 0 Å². The molecule has 1 aromatic carbocycles. The number of hydrogen-bond acceptors (Lipinski definition) is 5. The van der Waals surface area contributed by atoms with E-state index in [1.165, 1.54) is 68.0 Å². The Bertz CT molecular complexity index is 641. The molecule has 4 rings (SSSR count). The smallest absolute Gasteiger partial charge is 0.205 e. The molecule has 1 saturated heterocycles. The summed E-state index contributed by atoms with van der Waals surface area (Å²) in [5, 5.41) is 1.03. The Hall–Kier alpha value is -1.62. The van der Waals surface area contributed by atoms with Crippen LogP contribution in [-0.4, -0.2) is 29.5 Å². The molecule has 0 atom stereocenters. The van der Waals surface area contributed by atoms with Gasteiger partial charge in [0.1, 0.15) is 5.82 Å².